The summed E-state index contributed by atoms with van der Waals surface area (Å²) in [5.41, 5.74) is 0. The average molecular weight is 281 g/mol. The summed E-state index contributed by atoms with van der Waals surface area (Å²) < 4.78 is 30.6. The first kappa shape index (κ1) is 17.3. The highest BCUT2D eigenvalue weighted by Gasteiger charge is 2.24. The first-order chi connectivity index (χ1) is 8.32. The Morgan fingerprint density at radius 1 is 1.44 bits per heavy atom. The predicted molar refractivity (Wildman–Crippen MR) is 68.9 cm³/mol. The maximum absolute atomic E-state index is 11.8. The van der Waals surface area contributed by atoms with Crippen LogP contribution in [0.1, 0.15) is 33.1 Å². The van der Waals surface area contributed by atoms with Crippen LogP contribution in [-0.4, -0.2) is 45.0 Å². The zero-order valence-electron chi connectivity index (χ0n) is 11.2. The van der Waals surface area contributed by atoms with Crippen molar-refractivity contribution in [3.63, 3.8) is 0 Å². The van der Waals surface area contributed by atoms with E-state index in [1.807, 2.05) is 6.92 Å². The second kappa shape index (κ2) is 8.44. The summed E-state index contributed by atoms with van der Waals surface area (Å²) in [4.78, 5) is 10.9. The Kier molecular flexibility index (Phi) is 8.13. The zero-order chi connectivity index (χ0) is 14.2. The molecule has 2 atom stereocenters. The van der Waals surface area contributed by atoms with Crippen LogP contribution in [-0.2, 0) is 19.6 Å². The Balaban J connectivity index is 4.46. The fraction of sp³-hybridized carbons (Fsp3) is 0.909. The molecule has 7 heteroatoms. The van der Waals surface area contributed by atoms with Crippen molar-refractivity contribution in [1.29, 1.82) is 0 Å². The standard InChI is InChI=1S/C11H23NO5S/c1-4-5-6-10(11(13)14)12-18(15,16)8-9(2)7-17-3/h9-10,12H,4-8H2,1-3H3,(H,13,14). The van der Waals surface area contributed by atoms with E-state index in [0.29, 0.717) is 19.4 Å². The van der Waals surface area contributed by atoms with Gasteiger partial charge in [-0.05, 0) is 12.3 Å². The number of carboxylic acid groups (broad SMARTS) is 1. The monoisotopic (exact) mass is 281 g/mol. The number of methoxy groups -OCH3 is 1. The van der Waals surface area contributed by atoms with Gasteiger partial charge in [0.1, 0.15) is 6.04 Å². The molecule has 2 unspecified atom stereocenters. The molecule has 0 fully saturated rings. The van der Waals surface area contributed by atoms with Crippen molar-refractivity contribution in [2.75, 3.05) is 19.5 Å². The number of carbonyl (C=O) groups is 1. The van der Waals surface area contributed by atoms with E-state index in [9.17, 15) is 13.2 Å². The third-order valence-corrected chi connectivity index (χ3v) is 4.07. The first-order valence-electron chi connectivity index (χ1n) is 6.04. The van der Waals surface area contributed by atoms with E-state index in [-0.39, 0.29) is 11.7 Å². The van der Waals surface area contributed by atoms with E-state index < -0.39 is 22.0 Å². The van der Waals surface area contributed by atoms with Crippen molar-refractivity contribution in [3.8, 4) is 0 Å². The van der Waals surface area contributed by atoms with Crippen LogP contribution in [0, 0.1) is 5.92 Å². The summed E-state index contributed by atoms with van der Waals surface area (Å²) in [6, 6.07) is -1.04. The lowest BCUT2D eigenvalue weighted by molar-refractivity contribution is -0.139. The van der Waals surface area contributed by atoms with E-state index in [1.165, 1.54) is 7.11 Å². The van der Waals surface area contributed by atoms with Crippen LogP contribution in [0.3, 0.4) is 0 Å². The third-order valence-electron chi connectivity index (χ3n) is 2.42. The molecule has 0 heterocycles. The second-order valence-electron chi connectivity index (χ2n) is 4.49. The number of nitrogens with one attached hydrogen (secondary N) is 1. The van der Waals surface area contributed by atoms with Crippen molar-refractivity contribution in [2.24, 2.45) is 5.92 Å². The Bertz CT molecular complexity index is 341. The van der Waals surface area contributed by atoms with Crippen molar-refractivity contribution >= 4 is 16.0 Å². The molecule has 0 bridgehead atoms. The van der Waals surface area contributed by atoms with Crippen LogP contribution in [0.25, 0.3) is 0 Å². The van der Waals surface area contributed by atoms with E-state index in [4.69, 9.17) is 9.84 Å². The number of ether oxygens (including phenoxy) is 1. The first-order valence-corrected chi connectivity index (χ1v) is 7.69. The van der Waals surface area contributed by atoms with Gasteiger partial charge in [-0.2, -0.15) is 0 Å². The normalized spacial score (nSPS) is 15.3. The van der Waals surface area contributed by atoms with Crippen molar-refractivity contribution in [2.45, 2.75) is 39.2 Å². The number of hydrogen-bond acceptors (Lipinski definition) is 4. The number of unbranched alkanes of at least 4 members (excludes halogenated alkanes) is 1. The molecule has 0 saturated carbocycles. The van der Waals surface area contributed by atoms with E-state index >= 15 is 0 Å². The summed E-state index contributed by atoms with van der Waals surface area (Å²) in [5, 5.41) is 8.95. The van der Waals surface area contributed by atoms with E-state index in [0.717, 1.165) is 6.42 Å². The van der Waals surface area contributed by atoms with Crippen LogP contribution < -0.4 is 4.72 Å². The number of rotatable bonds is 10. The smallest absolute Gasteiger partial charge is 0.321 e. The highest BCUT2D eigenvalue weighted by Crippen LogP contribution is 2.06. The van der Waals surface area contributed by atoms with Gasteiger partial charge in [-0.25, -0.2) is 13.1 Å². The van der Waals surface area contributed by atoms with Crippen LogP contribution in [0.4, 0.5) is 0 Å². The topological polar surface area (TPSA) is 92.7 Å². The van der Waals surface area contributed by atoms with Gasteiger partial charge in [-0.3, -0.25) is 4.79 Å². The van der Waals surface area contributed by atoms with Gasteiger partial charge in [0.05, 0.1) is 5.75 Å². The average Bonchev–Trinajstić information content (AvgIpc) is 2.23. The lowest BCUT2D eigenvalue weighted by Gasteiger charge is -2.16. The molecule has 0 saturated heterocycles. The predicted octanol–water partition coefficient (Wildman–Crippen LogP) is 0.832. The van der Waals surface area contributed by atoms with Crippen molar-refractivity contribution in [1.82, 2.24) is 4.72 Å². The quantitative estimate of drug-likeness (QED) is 0.619. The minimum absolute atomic E-state index is 0.128. The molecule has 2 N–H and O–H groups in total. The fourth-order valence-electron chi connectivity index (χ4n) is 1.61. The van der Waals surface area contributed by atoms with Gasteiger partial charge in [0.15, 0.2) is 0 Å². The molecule has 0 aromatic heterocycles. The van der Waals surface area contributed by atoms with E-state index in [1.54, 1.807) is 6.92 Å². The van der Waals surface area contributed by atoms with Gasteiger partial charge in [0.2, 0.25) is 10.0 Å². The summed E-state index contributed by atoms with van der Waals surface area (Å²) in [7, 11) is -2.09. The molecule has 0 aromatic rings. The Hall–Kier alpha value is -0.660. The Morgan fingerprint density at radius 3 is 2.50 bits per heavy atom. The minimum atomic E-state index is -3.59. The van der Waals surface area contributed by atoms with Gasteiger partial charge in [0.25, 0.3) is 0 Å². The maximum Gasteiger partial charge on any atom is 0.321 e. The number of aliphatic carboxylic acids is 1. The van der Waals surface area contributed by atoms with Gasteiger partial charge in [0, 0.05) is 13.7 Å². The largest absolute Gasteiger partial charge is 0.480 e. The maximum atomic E-state index is 11.8. The highest BCUT2D eigenvalue weighted by atomic mass is 32.2. The molecule has 0 aliphatic rings. The number of carboxylic acids is 1. The highest BCUT2D eigenvalue weighted by molar-refractivity contribution is 7.89. The summed E-state index contributed by atoms with van der Waals surface area (Å²) in [6.07, 6.45) is 1.81. The fourth-order valence-corrected chi connectivity index (χ4v) is 3.21. The molecule has 0 radical (unpaired) electrons. The number of sulfonamides is 1. The molecular formula is C11H23NO5S. The van der Waals surface area contributed by atoms with Gasteiger partial charge in [-0.1, -0.05) is 26.7 Å². The van der Waals surface area contributed by atoms with Gasteiger partial charge < -0.3 is 9.84 Å². The SMILES string of the molecule is CCCCC(NS(=O)(=O)CC(C)COC)C(=O)O. The molecule has 0 aliphatic heterocycles. The lowest BCUT2D eigenvalue weighted by atomic mass is 10.1. The molecule has 0 spiro atoms. The van der Waals surface area contributed by atoms with Crippen LogP contribution in [0.5, 0.6) is 0 Å². The zero-order valence-corrected chi connectivity index (χ0v) is 12.0. The molecule has 0 amide bonds. The van der Waals surface area contributed by atoms with Gasteiger partial charge in [-0.15, -0.1) is 0 Å². The molecular weight excluding hydrogens is 258 g/mol. The molecule has 0 aliphatic carbocycles. The van der Waals surface area contributed by atoms with Gasteiger partial charge >= 0.3 is 5.97 Å². The second-order valence-corrected chi connectivity index (χ2v) is 6.29. The van der Waals surface area contributed by atoms with Crippen molar-refractivity contribution in [3.05, 3.63) is 0 Å². The summed E-state index contributed by atoms with van der Waals surface area (Å²) >= 11 is 0. The van der Waals surface area contributed by atoms with Crippen LogP contribution in [0.2, 0.25) is 0 Å². The molecule has 18 heavy (non-hydrogen) atoms. The molecule has 0 aromatic carbocycles. The Morgan fingerprint density at radius 2 is 2.06 bits per heavy atom. The number of hydrogen-bond donors (Lipinski definition) is 2. The van der Waals surface area contributed by atoms with Crippen LogP contribution in [0.15, 0.2) is 0 Å². The Labute approximate surface area is 109 Å². The molecule has 108 valence electrons. The summed E-state index contributed by atoms with van der Waals surface area (Å²) in [6.45, 7) is 3.99. The third kappa shape index (κ3) is 7.62. The summed E-state index contributed by atoms with van der Waals surface area (Å²) in [5.74, 6) is -1.43. The minimum Gasteiger partial charge on any atom is -0.480 e. The van der Waals surface area contributed by atoms with Crippen LogP contribution >= 0.6 is 0 Å². The molecule has 0 rings (SSSR count). The van der Waals surface area contributed by atoms with E-state index in [2.05, 4.69) is 4.72 Å². The molecule has 6 nitrogen and oxygen atoms in total. The van der Waals surface area contributed by atoms with Crippen molar-refractivity contribution < 1.29 is 23.1 Å². The lowest BCUT2D eigenvalue weighted by Crippen LogP contribution is -2.43.